The minimum atomic E-state index is -0.446. The fourth-order valence-electron chi connectivity index (χ4n) is 3.32. The Morgan fingerprint density at radius 3 is 2.60 bits per heavy atom. The summed E-state index contributed by atoms with van der Waals surface area (Å²) >= 11 is 0. The second-order valence-corrected chi connectivity index (χ2v) is 7.25. The van der Waals surface area contributed by atoms with E-state index in [4.69, 9.17) is 0 Å². The molecule has 1 fully saturated rings. The van der Waals surface area contributed by atoms with Crippen molar-refractivity contribution in [1.29, 1.82) is 0 Å². The fraction of sp³-hybridized carbons (Fsp3) is 0.722. The summed E-state index contributed by atoms with van der Waals surface area (Å²) in [4.78, 5) is 28.7. The lowest BCUT2D eigenvalue weighted by Crippen LogP contribution is -2.59. The molecule has 25 heavy (non-hydrogen) atoms. The van der Waals surface area contributed by atoms with E-state index in [9.17, 15) is 9.59 Å². The smallest absolute Gasteiger partial charge is 0.322 e. The van der Waals surface area contributed by atoms with Gasteiger partial charge in [-0.15, -0.1) is 0 Å². The maximum Gasteiger partial charge on any atom is 0.322 e. The molecule has 0 aliphatic carbocycles. The molecule has 1 aliphatic heterocycles. The Hall–Kier alpha value is -2.05. The third-order valence-corrected chi connectivity index (χ3v) is 4.64. The highest BCUT2D eigenvalue weighted by Gasteiger charge is 2.34. The topological polar surface area (TPSA) is 70.5 Å². The van der Waals surface area contributed by atoms with Gasteiger partial charge in [0.25, 0.3) is 0 Å². The highest BCUT2D eigenvalue weighted by Crippen LogP contribution is 2.21. The Morgan fingerprint density at radius 1 is 1.32 bits per heavy atom. The van der Waals surface area contributed by atoms with Gasteiger partial charge in [-0.2, -0.15) is 5.10 Å². The van der Waals surface area contributed by atoms with Gasteiger partial charge in [0.15, 0.2) is 0 Å². The summed E-state index contributed by atoms with van der Waals surface area (Å²) in [5, 5.41) is 7.45. The lowest BCUT2D eigenvalue weighted by molar-refractivity contribution is -0.139. The van der Waals surface area contributed by atoms with Gasteiger partial charge in [0.1, 0.15) is 6.04 Å². The number of piperazine rings is 1. The highest BCUT2D eigenvalue weighted by atomic mass is 16.2. The van der Waals surface area contributed by atoms with E-state index in [0.717, 1.165) is 36.6 Å². The van der Waals surface area contributed by atoms with Crippen LogP contribution in [-0.4, -0.2) is 57.2 Å². The summed E-state index contributed by atoms with van der Waals surface area (Å²) < 4.78 is 1.92. The van der Waals surface area contributed by atoms with Crippen LogP contribution in [0.5, 0.6) is 0 Å². The quantitative estimate of drug-likeness (QED) is 0.888. The third kappa shape index (κ3) is 4.14. The Balaban J connectivity index is 2.08. The minimum Gasteiger partial charge on any atom is -0.339 e. The first kappa shape index (κ1) is 19.3. The van der Waals surface area contributed by atoms with Gasteiger partial charge >= 0.3 is 6.03 Å². The largest absolute Gasteiger partial charge is 0.339 e. The number of amides is 3. The molecule has 1 aliphatic rings. The van der Waals surface area contributed by atoms with E-state index in [2.05, 4.69) is 31.2 Å². The number of carbonyl (C=O) groups is 2. The third-order valence-electron chi connectivity index (χ3n) is 4.64. The Kier molecular flexibility index (Phi) is 6.08. The number of nitrogens with one attached hydrogen (secondary N) is 1. The second-order valence-electron chi connectivity index (χ2n) is 7.25. The van der Waals surface area contributed by atoms with Crippen LogP contribution in [-0.2, 0) is 11.3 Å². The van der Waals surface area contributed by atoms with Gasteiger partial charge in [0.05, 0.1) is 17.1 Å². The Morgan fingerprint density at radius 2 is 2.00 bits per heavy atom. The Bertz CT molecular complexity index is 638. The molecule has 0 radical (unpaired) electrons. The molecule has 140 valence electrons. The predicted octanol–water partition coefficient (Wildman–Crippen LogP) is 2.63. The first-order valence-corrected chi connectivity index (χ1v) is 9.16. The molecule has 0 spiro atoms. The zero-order valence-electron chi connectivity index (χ0n) is 16.3. The molecule has 3 amide bonds. The maximum absolute atomic E-state index is 12.7. The average molecular weight is 349 g/mol. The van der Waals surface area contributed by atoms with Gasteiger partial charge in [-0.1, -0.05) is 20.8 Å². The van der Waals surface area contributed by atoms with Gasteiger partial charge in [-0.3, -0.25) is 9.48 Å². The van der Waals surface area contributed by atoms with Gasteiger partial charge in [-0.25, -0.2) is 4.79 Å². The fourth-order valence-corrected chi connectivity index (χ4v) is 3.32. The number of anilines is 1. The summed E-state index contributed by atoms with van der Waals surface area (Å²) in [7, 11) is 0. The SMILES string of the molecule is CCCn1nc(C)c(NC(=O)N2CCN(CC(C)C)C(=O)[C@@H]2C)c1C. The van der Waals surface area contributed by atoms with Crippen molar-refractivity contribution in [3.63, 3.8) is 0 Å². The first-order valence-electron chi connectivity index (χ1n) is 9.16. The summed E-state index contributed by atoms with van der Waals surface area (Å²) in [6.45, 7) is 14.6. The van der Waals surface area contributed by atoms with Crippen molar-refractivity contribution in [3.05, 3.63) is 11.4 Å². The summed E-state index contributed by atoms with van der Waals surface area (Å²) in [6, 6.07) is -0.675. The number of hydrogen-bond acceptors (Lipinski definition) is 3. The number of carbonyl (C=O) groups excluding carboxylic acids is 2. The number of aromatic nitrogens is 2. The van der Waals surface area contributed by atoms with Crippen LogP contribution in [0.4, 0.5) is 10.5 Å². The zero-order valence-corrected chi connectivity index (χ0v) is 16.3. The molecular weight excluding hydrogens is 318 g/mol. The van der Waals surface area contributed by atoms with Crippen molar-refractivity contribution in [2.24, 2.45) is 5.92 Å². The lowest BCUT2D eigenvalue weighted by atomic mass is 10.1. The van der Waals surface area contributed by atoms with E-state index in [1.54, 1.807) is 11.8 Å². The first-order chi connectivity index (χ1) is 11.8. The van der Waals surface area contributed by atoms with Gasteiger partial charge < -0.3 is 15.1 Å². The van der Waals surface area contributed by atoms with E-state index in [0.29, 0.717) is 19.0 Å². The monoisotopic (exact) mass is 349 g/mol. The highest BCUT2D eigenvalue weighted by molar-refractivity contribution is 5.95. The summed E-state index contributed by atoms with van der Waals surface area (Å²) in [6.07, 6.45) is 0.985. The van der Waals surface area contributed by atoms with Crippen molar-refractivity contribution in [1.82, 2.24) is 19.6 Å². The van der Waals surface area contributed by atoms with Crippen molar-refractivity contribution in [3.8, 4) is 0 Å². The van der Waals surface area contributed by atoms with E-state index in [-0.39, 0.29) is 11.9 Å². The molecule has 0 bridgehead atoms. The molecule has 1 aromatic rings. The molecule has 2 heterocycles. The van der Waals surface area contributed by atoms with Crippen molar-refractivity contribution in [2.75, 3.05) is 25.0 Å². The molecule has 1 N–H and O–H groups in total. The van der Waals surface area contributed by atoms with Crippen molar-refractivity contribution >= 4 is 17.6 Å². The maximum atomic E-state index is 12.7. The molecule has 1 atom stereocenters. The molecule has 0 saturated carbocycles. The van der Waals surface area contributed by atoms with E-state index in [1.165, 1.54) is 0 Å². The molecule has 0 unspecified atom stereocenters. The lowest BCUT2D eigenvalue weighted by Gasteiger charge is -2.39. The van der Waals surface area contributed by atoms with Gasteiger partial charge in [-0.05, 0) is 33.1 Å². The standard InChI is InChI=1S/C18H31N5O2/c1-7-8-23-14(5)16(13(4)20-23)19-18(25)22-10-9-21(11-12(2)3)17(24)15(22)6/h12,15H,7-11H2,1-6H3,(H,19,25)/t15-/m0/s1. The van der Waals surface area contributed by atoms with Crippen LogP contribution < -0.4 is 5.32 Å². The molecule has 0 aromatic carbocycles. The molecule has 1 aromatic heterocycles. The minimum absolute atomic E-state index is 0.0187. The average Bonchev–Trinajstić information content (AvgIpc) is 2.79. The zero-order chi connectivity index (χ0) is 18.7. The van der Waals surface area contributed by atoms with Crippen LogP contribution in [0.1, 0.15) is 45.5 Å². The molecule has 2 rings (SSSR count). The number of rotatable bonds is 5. The van der Waals surface area contributed by atoms with E-state index >= 15 is 0 Å². The summed E-state index contributed by atoms with van der Waals surface area (Å²) in [5.74, 6) is 0.441. The second kappa shape index (κ2) is 7.89. The van der Waals surface area contributed by atoms with Crippen LogP contribution in [0.15, 0.2) is 0 Å². The Labute approximate surface area is 150 Å². The van der Waals surface area contributed by atoms with E-state index in [1.807, 2.05) is 23.4 Å². The van der Waals surface area contributed by atoms with Crippen LogP contribution >= 0.6 is 0 Å². The molecule has 1 saturated heterocycles. The molecular formula is C18H31N5O2. The van der Waals surface area contributed by atoms with E-state index < -0.39 is 6.04 Å². The van der Waals surface area contributed by atoms with Crippen LogP contribution in [0, 0.1) is 19.8 Å². The number of nitrogens with zero attached hydrogens (tertiary/aromatic N) is 4. The van der Waals surface area contributed by atoms with Crippen LogP contribution in [0.3, 0.4) is 0 Å². The van der Waals surface area contributed by atoms with Crippen LogP contribution in [0.2, 0.25) is 0 Å². The normalized spacial score (nSPS) is 18.2. The van der Waals surface area contributed by atoms with Crippen molar-refractivity contribution < 1.29 is 9.59 Å². The predicted molar refractivity (Wildman–Crippen MR) is 98.6 cm³/mol. The molecule has 7 nitrogen and oxygen atoms in total. The number of hydrogen-bond donors (Lipinski definition) is 1. The van der Waals surface area contributed by atoms with Gasteiger partial charge in [0, 0.05) is 26.2 Å². The molecule has 7 heteroatoms. The number of urea groups is 1. The van der Waals surface area contributed by atoms with Crippen LogP contribution in [0.25, 0.3) is 0 Å². The van der Waals surface area contributed by atoms with Crippen molar-refractivity contribution in [2.45, 2.75) is 60.5 Å². The van der Waals surface area contributed by atoms with Gasteiger partial charge in [0.2, 0.25) is 5.91 Å². The number of aryl methyl sites for hydroxylation is 2. The summed E-state index contributed by atoms with van der Waals surface area (Å²) in [5.41, 5.74) is 2.50.